The molecule has 0 saturated carbocycles. The van der Waals surface area contributed by atoms with Gasteiger partial charge in [-0.05, 0) is 27.7 Å². The molecule has 1 amide bonds. The van der Waals surface area contributed by atoms with Crippen molar-refractivity contribution in [3.8, 4) is 0 Å². The van der Waals surface area contributed by atoms with Gasteiger partial charge in [0.25, 0.3) is 5.91 Å². The van der Waals surface area contributed by atoms with E-state index in [0.29, 0.717) is 5.56 Å². The molecule has 19 heavy (non-hydrogen) atoms. The maximum atomic E-state index is 11.8. The van der Waals surface area contributed by atoms with Gasteiger partial charge >= 0.3 is 5.97 Å². The molecule has 1 atom stereocenters. The molecule has 0 radical (unpaired) electrons. The van der Waals surface area contributed by atoms with Crippen molar-refractivity contribution in [1.82, 2.24) is 15.1 Å². The van der Waals surface area contributed by atoms with Crippen LogP contribution in [0.4, 0.5) is 0 Å². The van der Waals surface area contributed by atoms with Crippen LogP contribution in [-0.4, -0.2) is 44.0 Å². The molecule has 1 aromatic rings. The van der Waals surface area contributed by atoms with Gasteiger partial charge in [0.2, 0.25) is 0 Å². The number of aliphatic hydroxyl groups is 1. The highest BCUT2D eigenvalue weighted by Gasteiger charge is 2.30. The summed E-state index contributed by atoms with van der Waals surface area (Å²) in [6.07, 6.45) is 2.97. The fourth-order valence-electron chi connectivity index (χ4n) is 1.24. The van der Waals surface area contributed by atoms with Crippen molar-refractivity contribution in [3.05, 3.63) is 18.0 Å². The van der Waals surface area contributed by atoms with Crippen LogP contribution in [0.2, 0.25) is 0 Å². The molecule has 1 unspecified atom stereocenters. The van der Waals surface area contributed by atoms with E-state index in [2.05, 4.69) is 10.4 Å². The average molecular weight is 269 g/mol. The number of hydrogen-bond acceptors (Lipinski definition) is 4. The van der Waals surface area contributed by atoms with Gasteiger partial charge in [0.05, 0.1) is 23.8 Å². The number of amides is 1. The van der Waals surface area contributed by atoms with Crippen LogP contribution < -0.4 is 5.32 Å². The van der Waals surface area contributed by atoms with Gasteiger partial charge in [-0.15, -0.1) is 0 Å². The molecular formula is C12H19N3O4. The fourth-order valence-corrected chi connectivity index (χ4v) is 1.24. The summed E-state index contributed by atoms with van der Waals surface area (Å²) in [5, 5.41) is 24.6. The number of carboxylic acids is 1. The van der Waals surface area contributed by atoms with Gasteiger partial charge in [-0.2, -0.15) is 5.10 Å². The minimum Gasteiger partial charge on any atom is -0.479 e. The largest absolute Gasteiger partial charge is 0.479 e. The molecule has 3 N–H and O–H groups in total. The Hall–Kier alpha value is -1.89. The Morgan fingerprint density at radius 2 is 1.95 bits per heavy atom. The van der Waals surface area contributed by atoms with Gasteiger partial charge in [0, 0.05) is 6.20 Å². The van der Waals surface area contributed by atoms with Crippen LogP contribution in [0.3, 0.4) is 0 Å². The van der Waals surface area contributed by atoms with Crippen LogP contribution in [0.25, 0.3) is 0 Å². The summed E-state index contributed by atoms with van der Waals surface area (Å²) in [6, 6.07) is 0. The molecule has 7 nitrogen and oxygen atoms in total. The van der Waals surface area contributed by atoms with Gasteiger partial charge < -0.3 is 15.5 Å². The predicted octanol–water partition coefficient (Wildman–Crippen LogP) is 0.203. The molecule has 1 heterocycles. The normalized spacial score (nSPS) is 14.8. The van der Waals surface area contributed by atoms with Gasteiger partial charge in [0.15, 0.2) is 5.60 Å². The molecule has 1 aromatic heterocycles. The zero-order valence-electron chi connectivity index (χ0n) is 11.5. The van der Waals surface area contributed by atoms with E-state index in [1.807, 2.05) is 20.8 Å². The van der Waals surface area contributed by atoms with E-state index in [4.69, 9.17) is 5.11 Å². The van der Waals surface area contributed by atoms with Crippen molar-refractivity contribution in [2.75, 3.05) is 6.54 Å². The van der Waals surface area contributed by atoms with Crippen molar-refractivity contribution in [3.63, 3.8) is 0 Å². The number of nitrogens with zero attached hydrogens (tertiary/aromatic N) is 2. The molecule has 0 saturated heterocycles. The molecule has 106 valence electrons. The minimum absolute atomic E-state index is 0.245. The first kappa shape index (κ1) is 15.2. The lowest BCUT2D eigenvalue weighted by Gasteiger charge is -2.19. The Morgan fingerprint density at radius 1 is 1.37 bits per heavy atom. The van der Waals surface area contributed by atoms with Crippen molar-refractivity contribution < 1.29 is 19.8 Å². The minimum atomic E-state index is -1.99. The smallest absolute Gasteiger partial charge is 0.337 e. The van der Waals surface area contributed by atoms with E-state index in [1.54, 1.807) is 10.9 Å². The zero-order valence-corrected chi connectivity index (χ0v) is 11.5. The number of carboxylic acid groups (broad SMARTS) is 1. The molecule has 0 bridgehead atoms. The molecule has 0 aliphatic carbocycles. The van der Waals surface area contributed by atoms with Crippen LogP contribution in [-0.2, 0) is 10.3 Å². The lowest BCUT2D eigenvalue weighted by Crippen LogP contribution is -2.46. The lowest BCUT2D eigenvalue weighted by atomic mass is 10.1. The quantitative estimate of drug-likeness (QED) is 0.724. The monoisotopic (exact) mass is 269 g/mol. The number of hydrogen-bond donors (Lipinski definition) is 3. The third-order valence-electron chi connectivity index (χ3n) is 2.59. The molecule has 0 aliphatic heterocycles. The summed E-state index contributed by atoms with van der Waals surface area (Å²) in [6.45, 7) is 6.57. The summed E-state index contributed by atoms with van der Waals surface area (Å²) in [7, 11) is 0. The number of rotatable bonds is 4. The molecule has 0 fully saturated rings. The molecule has 0 spiro atoms. The van der Waals surface area contributed by atoms with Gasteiger partial charge in [0.1, 0.15) is 0 Å². The van der Waals surface area contributed by atoms with E-state index in [1.165, 1.54) is 6.20 Å². The van der Waals surface area contributed by atoms with E-state index in [-0.39, 0.29) is 12.1 Å². The molecule has 1 rings (SSSR count). The highest BCUT2D eigenvalue weighted by Crippen LogP contribution is 2.13. The van der Waals surface area contributed by atoms with Crippen molar-refractivity contribution >= 4 is 11.9 Å². The predicted molar refractivity (Wildman–Crippen MR) is 67.8 cm³/mol. The third-order valence-corrected chi connectivity index (χ3v) is 2.59. The fraction of sp³-hybridized carbons (Fsp3) is 0.583. The van der Waals surface area contributed by atoms with Crippen LogP contribution >= 0.6 is 0 Å². The second-order valence-corrected chi connectivity index (χ2v) is 5.61. The SMILES string of the molecule is CC(O)(CNC(=O)c1cnn(C(C)(C)C)c1)C(=O)O. The first-order valence-electron chi connectivity index (χ1n) is 5.83. The Balaban J connectivity index is 2.70. The lowest BCUT2D eigenvalue weighted by molar-refractivity contribution is -0.155. The Kier molecular flexibility index (Phi) is 4.00. The first-order chi connectivity index (χ1) is 8.54. The maximum Gasteiger partial charge on any atom is 0.337 e. The van der Waals surface area contributed by atoms with Gasteiger partial charge in [-0.25, -0.2) is 4.79 Å². The maximum absolute atomic E-state index is 11.8. The number of nitrogens with one attached hydrogen (secondary N) is 1. The highest BCUT2D eigenvalue weighted by atomic mass is 16.4. The summed E-state index contributed by atoms with van der Waals surface area (Å²) < 4.78 is 1.64. The van der Waals surface area contributed by atoms with Crippen molar-refractivity contribution in [2.45, 2.75) is 38.8 Å². The zero-order chi connectivity index (χ0) is 14.8. The van der Waals surface area contributed by atoms with Gasteiger partial charge in [-0.1, -0.05) is 0 Å². The summed E-state index contributed by atoms with van der Waals surface area (Å²) in [5.41, 5.74) is -1.92. The first-order valence-corrected chi connectivity index (χ1v) is 5.83. The Bertz CT molecular complexity index is 485. The number of carbonyl (C=O) groups is 2. The highest BCUT2D eigenvalue weighted by molar-refractivity contribution is 5.94. The third kappa shape index (κ3) is 3.78. The standard InChI is InChI=1S/C12H19N3O4/c1-11(2,3)15-6-8(5-14-15)9(16)13-7-12(4,19)10(17)18/h5-6,19H,7H2,1-4H3,(H,13,16)(H,17,18). The average Bonchev–Trinajstić information content (AvgIpc) is 2.74. The van der Waals surface area contributed by atoms with E-state index >= 15 is 0 Å². The van der Waals surface area contributed by atoms with Crippen LogP contribution in [0.1, 0.15) is 38.1 Å². The molecule has 7 heteroatoms. The summed E-state index contributed by atoms with van der Waals surface area (Å²) >= 11 is 0. The molecule has 0 aromatic carbocycles. The second kappa shape index (κ2) is 5.00. The Morgan fingerprint density at radius 3 is 2.37 bits per heavy atom. The summed E-state index contributed by atoms with van der Waals surface area (Å²) in [4.78, 5) is 22.5. The van der Waals surface area contributed by atoms with Crippen molar-refractivity contribution in [2.24, 2.45) is 0 Å². The number of aliphatic carboxylic acids is 1. The molecular weight excluding hydrogens is 250 g/mol. The van der Waals surface area contributed by atoms with E-state index < -0.39 is 17.5 Å². The molecule has 0 aliphatic rings. The van der Waals surface area contributed by atoms with Gasteiger partial charge in [-0.3, -0.25) is 9.48 Å². The van der Waals surface area contributed by atoms with E-state index in [9.17, 15) is 14.7 Å². The summed E-state index contributed by atoms with van der Waals surface area (Å²) in [5.74, 6) is -1.87. The van der Waals surface area contributed by atoms with E-state index in [0.717, 1.165) is 6.92 Å². The van der Waals surface area contributed by atoms with Crippen LogP contribution in [0.5, 0.6) is 0 Å². The van der Waals surface area contributed by atoms with Crippen molar-refractivity contribution in [1.29, 1.82) is 0 Å². The number of aromatic nitrogens is 2. The van der Waals surface area contributed by atoms with Crippen LogP contribution in [0, 0.1) is 0 Å². The number of carbonyl (C=O) groups excluding carboxylic acids is 1. The van der Waals surface area contributed by atoms with Crippen LogP contribution in [0.15, 0.2) is 12.4 Å². The topological polar surface area (TPSA) is 104 Å². The second-order valence-electron chi connectivity index (χ2n) is 5.61. The Labute approximate surface area is 111 Å².